The monoisotopic (exact) mass is 168 g/mol. The lowest BCUT2D eigenvalue weighted by Crippen LogP contribution is -2.34. The van der Waals surface area contributed by atoms with Crippen LogP contribution in [0.4, 0.5) is 4.79 Å². The molecule has 4 nitrogen and oxygen atoms in total. The molecule has 0 saturated carbocycles. The molecule has 1 unspecified atom stereocenters. The normalized spacial score (nSPS) is 11.1. The molecule has 1 atom stereocenters. The molecule has 0 aromatic heterocycles. The molecule has 0 aromatic carbocycles. The van der Waals surface area contributed by atoms with Crippen LogP contribution in [0, 0.1) is 0 Å². The van der Waals surface area contributed by atoms with Gasteiger partial charge in [0.2, 0.25) is 0 Å². The Morgan fingerprint density at radius 1 is 1.80 bits per heavy atom. The van der Waals surface area contributed by atoms with Gasteiger partial charge in [0, 0.05) is 12.6 Å². The zero-order valence-electron chi connectivity index (χ0n) is 6.09. The maximum atomic E-state index is 10.3. The molecule has 0 aliphatic rings. The molecule has 5 heteroatoms. The van der Waals surface area contributed by atoms with Gasteiger partial charge in [0.15, 0.2) is 0 Å². The molecule has 1 amide bonds. The summed E-state index contributed by atoms with van der Waals surface area (Å²) < 4.78 is 4.30. The number of carbonyl (C=O) groups is 1. The van der Waals surface area contributed by atoms with Crippen molar-refractivity contribution in [3.8, 4) is 0 Å². The van der Waals surface area contributed by atoms with Crippen LogP contribution in [-0.4, -0.2) is 25.8 Å². The summed E-state index contributed by atoms with van der Waals surface area (Å²) in [5, 5.41) is 2.45. The number of hydrogen-bond acceptors (Lipinski definition) is 3. The van der Waals surface area contributed by atoms with Crippen LogP contribution in [0.2, 0.25) is 0 Å². The second-order valence-electron chi connectivity index (χ2n) is 1.85. The summed E-state index contributed by atoms with van der Waals surface area (Å²) in [5.41, 5.74) is 5.33. The molecular weight excluding hydrogens is 156 g/mol. The molecule has 0 radical (unpaired) electrons. The van der Waals surface area contributed by atoms with Gasteiger partial charge in [0.05, 0.1) is 7.11 Å². The van der Waals surface area contributed by atoms with Crippen molar-refractivity contribution >= 4 is 18.5 Å². The molecular formula is C5H13ClN2O2. The van der Waals surface area contributed by atoms with Gasteiger partial charge in [0.1, 0.15) is 0 Å². The number of nitrogens with two attached hydrogens (primary N) is 1. The minimum atomic E-state index is -0.438. The SMILES string of the molecule is COC(=O)NCC(C)N.Cl. The van der Waals surface area contributed by atoms with Crippen LogP contribution in [0.3, 0.4) is 0 Å². The standard InChI is InChI=1S/C5H12N2O2.ClH/c1-4(6)3-7-5(8)9-2;/h4H,3,6H2,1-2H3,(H,7,8);1H. The quantitative estimate of drug-likeness (QED) is 0.615. The Hall–Kier alpha value is -0.480. The van der Waals surface area contributed by atoms with Crippen molar-refractivity contribution < 1.29 is 9.53 Å². The third kappa shape index (κ3) is 7.52. The molecule has 0 bridgehead atoms. The first kappa shape index (κ1) is 12.2. The first-order valence-corrected chi connectivity index (χ1v) is 2.74. The van der Waals surface area contributed by atoms with E-state index >= 15 is 0 Å². The van der Waals surface area contributed by atoms with Crippen molar-refractivity contribution in [2.75, 3.05) is 13.7 Å². The second kappa shape index (κ2) is 6.64. The number of rotatable bonds is 2. The average Bonchev–Trinajstić information content (AvgIpc) is 1.83. The zero-order chi connectivity index (χ0) is 7.28. The van der Waals surface area contributed by atoms with E-state index in [1.165, 1.54) is 7.11 Å². The van der Waals surface area contributed by atoms with Gasteiger partial charge in [0.25, 0.3) is 0 Å². The highest BCUT2D eigenvalue weighted by Crippen LogP contribution is 1.72. The van der Waals surface area contributed by atoms with Crippen molar-refractivity contribution in [1.82, 2.24) is 5.32 Å². The Morgan fingerprint density at radius 3 is 2.60 bits per heavy atom. The summed E-state index contributed by atoms with van der Waals surface area (Å²) in [7, 11) is 1.32. The number of methoxy groups -OCH3 is 1. The molecule has 10 heavy (non-hydrogen) atoms. The first-order valence-electron chi connectivity index (χ1n) is 2.74. The van der Waals surface area contributed by atoms with Crippen LogP contribution >= 0.6 is 12.4 Å². The van der Waals surface area contributed by atoms with Gasteiger partial charge in [-0.3, -0.25) is 0 Å². The topological polar surface area (TPSA) is 64.3 Å². The van der Waals surface area contributed by atoms with Crippen LogP contribution in [0.1, 0.15) is 6.92 Å². The zero-order valence-corrected chi connectivity index (χ0v) is 6.90. The fourth-order valence-electron chi connectivity index (χ4n) is 0.316. The van der Waals surface area contributed by atoms with Gasteiger partial charge in [-0.05, 0) is 6.92 Å². The Balaban J connectivity index is 0. The van der Waals surface area contributed by atoms with Crippen LogP contribution in [0.15, 0.2) is 0 Å². The maximum Gasteiger partial charge on any atom is 0.406 e. The van der Waals surface area contributed by atoms with Gasteiger partial charge in [-0.15, -0.1) is 12.4 Å². The summed E-state index contributed by atoms with van der Waals surface area (Å²) in [6.07, 6.45) is -0.438. The smallest absolute Gasteiger partial charge is 0.406 e. The Kier molecular flexibility index (Phi) is 8.11. The second-order valence-corrected chi connectivity index (χ2v) is 1.85. The molecule has 0 saturated heterocycles. The number of amides is 1. The van der Waals surface area contributed by atoms with E-state index in [0.29, 0.717) is 6.54 Å². The molecule has 0 heterocycles. The first-order chi connectivity index (χ1) is 4.16. The molecule has 0 spiro atoms. The fraction of sp³-hybridized carbons (Fsp3) is 0.800. The van der Waals surface area contributed by atoms with Crippen LogP contribution < -0.4 is 11.1 Å². The highest BCUT2D eigenvalue weighted by atomic mass is 35.5. The van der Waals surface area contributed by atoms with Gasteiger partial charge >= 0.3 is 6.09 Å². The molecule has 3 N–H and O–H groups in total. The van der Waals surface area contributed by atoms with Crippen molar-refractivity contribution in [3.63, 3.8) is 0 Å². The van der Waals surface area contributed by atoms with Crippen LogP contribution in [0.5, 0.6) is 0 Å². The predicted octanol–water partition coefficient (Wildman–Crippen LogP) is 0.111. The maximum absolute atomic E-state index is 10.3. The average molecular weight is 169 g/mol. The minimum Gasteiger partial charge on any atom is -0.453 e. The van der Waals surface area contributed by atoms with Crippen molar-refractivity contribution in [2.45, 2.75) is 13.0 Å². The Labute approximate surface area is 66.5 Å². The number of ether oxygens (including phenoxy) is 1. The molecule has 0 aliphatic heterocycles. The number of carbonyl (C=O) groups excluding carboxylic acids is 1. The summed E-state index contributed by atoms with van der Waals surface area (Å²) >= 11 is 0. The van der Waals surface area contributed by atoms with E-state index < -0.39 is 6.09 Å². The largest absolute Gasteiger partial charge is 0.453 e. The van der Waals surface area contributed by atoms with E-state index in [1.807, 2.05) is 0 Å². The summed E-state index contributed by atoms with van der Waals surface area (Å²) in [4.78, 5) is 10.3. The summed E-state index contributed by atoms with van der Waals surface area (Å²) in [5.74, 6) is 0. The summed E-state index contributed by atoms with van der Waals surface area (Å²) in [6.45, 7) is 2.25. The van der Waals surface area contributed by atoms with Gasteiger partial charge in [-0.2, -0.15) is 0 Å². The number of alkyl carbamates (subject to hydrolysis) is 1. The molecule has 62 valence electrons. The van der Waals surface area contributed by atoms with E-state index in [2.05, 4.69) is 10.1 Å². The number of hydrogen-bond donors (Lipinski definition) is 2. The molecule has 0 aliphatic carbocycles. The molecule has 0 rings (SSSR count). The van der Waals surface area contributed by atoms with Crippen LogP contribution in [0.25, 0.3) is 0 Å². The lowest BCUT2D eigenvalue weighted by Gasteiger charge is -2.04. The van der Waals surface area contributed by atoms with Crippen molar-refractivity contribution in [1.29, 1.82) is 0 Å². The van der Waals surface area contributed by atoms with E-state index in [0.717, 1.165) is 0 Å². The van der Waals surface area contributed by atoms with E-state index in [-0.39, 0.29) is 18.4 Å². The van der Waals surface area contributed by atoms with Crippen LogP contribution in [-0.2, 0) is 4.74 Å². The molecule has 0 aromatic rings. The number of halogens is 1. The lowest BCUT2D eigenvalue weighted by atomic mass is 10.4. The van der Waals surface area contributed by atoms with Gasteiger partial charge in [-0.25, -0.2) is 4.79 Å². The predicted molar refractivity (Wildman–Crippen MR) is 41.3 cm³/mol. The lowest BCUT2D eigenvalue weighted by molar-refractivity contribution is 0.170. The van der Waals surface area contributed by atoms with Gasteiger partial charge < -0.3 is 15.8 Å². The molecule has 0 fully saturated rings. The summed E-state index contributed by atoms with van der Waals surface area (Å²) in [6, 6.07) is -0.0240. The van der Waals surface area contributed by atoms with Gasteiger partial charge in [-0.1, -0.05) is 0 Å². The van der Waals surface area contributed by atoms with E-state index in [4.69, 9.17) is 5.73 Å². The third-order valence-corrected chi connectivity index (χ3v) is 0.754. The Bertz CT molecular complexity index is 97.6. The highest BCUT2D eigenvalue weighted by Gasteiger charge is 1.97. The Morgan fingerprint density at radius 2 is 2.30 bits per heavy atom. The minimum absolute atomic E-state index is 0. The third-order valence-electron chi connectivity index (χ3n) is 0.754. The fourth-order valence-corrected chi connectivity index (χ4v) is 0.316. The van der Waals surface area contributed by atoms with E-state index in [9.17, 15) is 4.79 Å². The van der Waals surface area contributed by atoms with Crippen molar-refractivity contribution in [2.24, 2.45) is 5.73 Å². The van der Waals surface area contributed by atoms with E-state index in [1.54, 1.807) is 6.92 Å². The number of nitrogens with one attached hydrogen (secondary N) is 1. The van der Waals surface area contributed by atoms with Crippen molar-refractivity contribution in [3.05, 3.63) is 0 Å². The highest BCUT2D eigenvalue weighted by molar-refractivity contribution is 5.85.